The van der Waals surface area contributed by atoms with Gasteiger partial charge in [0, 0.05) is 19.4 Å². The number of carbonyl (C=O) groups is 4. The molecule has 5 rings (SSSR count). The van der Waals surface area contributed by atoms with Crippen LogP contribution in [0, 0.1) is 23.2 Å². The van der Waals surface area contributed by atoms with Crippen molar-refractivity contribution in [2.24, 2.45) is 23.2 Å². The van der Waals surface area contributed by atoms with Gasteiger partial charge in [0.25, 0.3) is 11.8 Å². The van der Waals surface area contributed by atoms with Gasteiger partial charge in [-0.25, -0.2) is 4.79 Å². The highest BCUT2D eigenvalue weighted by molar-refractivity contribution is 6.01. The largest absolute Gasteiger partial charge is 0.493 e. The zero-order valence-corrected chi connectivity index (χ0v) is 29.2. The van der Waals surface area contributed by atoms with E-state index in [0.29, 0.717) is 75.6 Å². The fraction of sp³-hybridized carbons (Fsp3) is 0.730. The van der Waals surface area contributed by atoms with Crippen LogP contribution in [0.2, 0.25) is 0 Å². The van der Waals surface area contributed by atoms with Gasteiger partial charge in [-0.2, -0.15) is 0 Å². The van der Waals surface area contributed by atoms with E-state index in [-0.39, 0.29) is 38.4 Å². The maximum atomic E-state index is 12.3. The first-order chi connectivity index (χ1) is 23.8. The molecule has 1 saturated heterocycles. The van der Waals surface area contributed by atoms with Crippen LogP contribution in [0.15, 0.2) is 18.2 Å². The Bertz CT molecular complexity index is 1270. The summed E-state index contributed by atoms with van der Waals surface area (Å²) in [6.45, 7) is 8.50. The summed E-state index contributed by atoms with van der Waals surface area (Å²) in [6.07, 6.45) is 8.20. The number of hydroxylamine groups is 2. The molecular weight excluding hydrogens is 632 g/mol. The lowest BCUT2D eigenvalue weighted by Gasteiger charge is -2.50. The number of nitrogens with one attached hydrogen (secondary N) is 1. The Morgan fingerprint density at radius 3 is 2.20 bits per heavy atom. The van der Waals surface area contributed by atoms with Crippen molar-refractivity contribution < 1.29 is 47.7 Å². The quantitative estimate of drug-likeness (QED) is 0.157. The Kier molecular flexibility index (Phi) is 13.9. The number of imide groups is 1. The van der Waals surface area contributed by atoms with Crippen LogP contribution in [-0.2, 0) is 49.4 Å². The van der Waals surface area contributed by atoms with E-state index in [1.54, 1.807) is 0 Å². The van der Waals surface area contributed by atoms with Gasteiger partial charge in [-0.3, -0.25) is 14.4 Å². The third kappa shape index (κ3) is 10.0. The van der Waals surface area contributed by atoms with E-state index >= 15 is 0 Å². The van der Waals surface area contributed by atoms with Gasteiger partial charge in [-0.05, 0) is 90.9 Å². The number of rotatable bonds is 20. The average molecular weight is 687 g/mol. The Labute approximate surface area is 289 Å². The number of nitrogens with zero attached hydrogens (tertiary/aromatic N) is 1. The lowest BCUT2D eigenvalue weighted by molar-refractivity contribution is -0.198. The van der Waals surface area contributed by atoms with Crippen LogP contribution in [0.3, 0.4) is 0 Å². The molecule has 0 aromatic heterocycles. The molecule has 3 fully saturated rings. The first-order valence-electron chi connectivity index (χ1n) is 18.2. The van der Waals surface area contributed by atoms with Crippen molar-refractivity contribution in [3.63, 3.8) is 0 Å². The summed E-state index contributed by atoms with van der Waals surface area (Å²) < 4.78 is 27.7. The van der Waals surface area contributed by atoms with Gasteiger partial charge in [0.2, 0.25) is 5.91 Å². The molecule has 3 amide bonds. The number of ether oxygens (including phenoxy) is 5. The standard InChI is InChI=1S/C37H54N2O10/c1-26-3-8-32-31-6-4-27-25-28(5-7-29(27)30(31)11-14-37(26,32)2)48-17-12-33(40)38-15-18-45-20-22-47-24-23-46-21-19-44-16-13-36(43)49-39-34(41)9-10-35(39)42/h5,7,25-26,30-32H,3-4,6,8-24H2,1-2H3,(H,38,40). The van der Waals surface area contributed by atoms with E-state index in [0.717, 1.165) is 29.9 Å². The van der Waals surface area contributed by atoms with Crippen molar-refractivity contribution in [1.82, 2.24) is 10.4 Å². The molecule has 3 aliphatic carbocycles. The maximum Gasteiger partial charge on any atom is 0.335 e. The lowest BCUT2D eigenvalue weighted by atomic mass is 9.54. The summed E-state index contributed by atoms with van der Waals surface area (Å²) in [5.41, 5.74) is 3.51. The highest BCUT2D eigenvalue weighted by Gasteiger charge is 2.53. The summed E-state index contributed by atoms with van der Waals surface area (Å²) in [5, 5.41) is 3.39. The molecule has 0 bridgehead atoms. The van der Waals surface area contributed by atoms with Crippen molar-refractivity contribution in [1.29, 1.82) is 0 Å². The molecule has 0 spiro atoms. The van der Waals surface area contributed by atoms with Crippen molar-refractivity contribution in [2.75, 3.05) is 66.0 Å². The minimum absolute atomic E-state index is 0.0595. The molecule has 1 heterocycles. The first-order valence-corrected chi connectivity index (χ1v) is 18.2. The monoisotopic (exact) mass is 686 g/mol. The predicted molar refractivity (Wildman–Crippen MR) is 178 cm³/mol. The molecule has 2 saturated carbocycles. The number of hydrogen-bond donors (Lipinski definition) is 1. The second-order valence-corrected chi connectivity index (χ2v) is 14.0. The van der Waals surface area contributed by atoms with Crippen LogP contribution in [0.1, 0.15) is 88.7 Å². The fourth-order valence-electron chi connectivity index (χ4n) is 8.25. The van der Waals surface area contributed by atoms with Gasteiger partial charge in [-0.1, -0.05) is 19.9 Å². The topological polar surface area (TPSA) is 139 Å². The van der Waals surface area contributed by atoms with Gasteiger partial charge < -0.3 is 33.8 Å². The van der Waals surface area contributed by atoms with E-state index in [4.69, 9.17) is 28.5 Å². The smallest absolute Gasteiger partial charge is 0.335 e. The Morgan fingerprint density at radius 2 is 1.49 bits per heavy atom. The summed E-state index contributed by atoms with van der Waals surface area (Å²) in [5.74, 6) is 2.32. The van der Waals surface area contributed by atoms with Gasteiger partial charge in [-0.15, -0.1) is 5.06 Å². The van der Waals surface area contributed by atoms with Crippen LogP contribution >= 0.6 is 0 Å². The van der Waals surface area contributed by atoms with E-state index in [1.165, 1.54) is 43.2 Å². The normalized spacial score (nSPS) is 25.9. The molecule has 1 N–H and O–H groups in total. The Morgan fingerprint density at radius 1 is 0.816 bits per heavy atom. The minimum Gasteiger partial charge on any atom is -0.493 e. The molecule has 1 aliphatic heterocycles. The van der Waals surface area contributed by atoms with Gasteiger partial charge in [0.15, 0.2) is 0 Å². The van der Waals surface area contributed by atoms with Crippen LogP contribution in [0.25, 0.3) is 0 Å². The third-order valence-electron chi connectivity index (χ3n) is 11.1. The molecule has 1 aromatic rings. The second-order valence-electron chi connectivity index (χ2n) is 14.0. The van der Waals surface area contributed by atoms with Crippen LogP contribution in [-0.4, -0.2) is 94.8 Å². The molecule has 12 heteroatoms. The Balaban J connectivity index is 0.812. The zero-order chi connectivity index (χ0) is 34.6. The number of amides is 3. The number of fused-ring (bicyclic) bond motifs is 5. The number of hydrogen-bond acceptors (Lipinski definition) is 10. The molecule has 49 heavy (non-hydrogen) atoms. The molecule has 0 radical (unpaired) electrons. The molecular formula is C37H54N2O10. The van der Waals surface area contributed by atoms with Gasteiger partial charge in [0.05, 0.1) is 72.3 Å². The third-order valence-corrected chi connectivity index (χ3v) is 11.1. The molecule has 5 unspecified atom stereocenters. The summed E-state index contributed by atoms with van der Waals surface area (Å²) >= 11 is 0. The van der Waals surface area contributed by atoms with Gasteiger partial charge in [0.1, 0.15) is 5.75 Å². The molecule has 1 aromatic carbocycles. The molecule has 12 nitrogen and oxygen atoms in total. The second kappa shape index (κ2) is 18.3. The van der Waals surface area contributed by atoms with Crippen LogP contribution < -0.4 is 10.1 Å². The maximum absolute atomic E-state index is 12.3. The van der Waals surface area contributed by atoms with Crippen molar-refractivity contribution in [3.05, 3.63) is 29.3 Å². The van der Waals surface area contributed by atoms with Gasteiger partial charge >= 0.3 is 5.97 Å². The Hall–Kier alpha value is -3.06. The number of carbonyl (C=O) groups excluding carboxylic acids is 4. The number of aryl methyl sites for hydroxylation is 1. The highest BCUT2D eigenvalue weighted by Crippen LogP contribution is 2.62. The van der Waals surface area contributed by atoms with Crippen LogP contribution in [0.5, 0.6) is 5.75 Å². The summed E-state index contributed by atoms with van der Waals surface area (Å²) in [7, 11) is 0. The SMILES string of the molecule is CC1CCC2C3CCc4cc(OCCC(=O)NCCOCCOCCOCCOCCC(=O)ON5C(=O)CCC5=O)ccc4C3CCC12C. The van der Waals surface area contributed by atoms with Crippen molar-refractivity contribution in [3.8, 4) is 5.75 Å². The fourth-order valence-corrected chi connectivity index (χ4v) is 8.25. The summed E-state index contributed by atoms with van der Waals surface area (Å²) in [4.78, 5) is 51.6. The predicted octanol–water partition coefficient (Wildman–Crippen LogP) is 4.13. The lowest BCUT2D eigenvalue weighted by Crippen LogP contribution is -2.41. The van der Waals surface area contributed by atoms with Crippen LogP contribution in [0.4, 0.5) is 0 Å². The highest BCUT2D eigenvalue weighted by atomic mass is 16.7. The average Bonchev–Trinajstić information content (AvgIpc) is 3.58. The van der Waals surface area contributed by atoms with Crippen molar-refractivity contribution in [2.45, 2.75) is 84.0 Å². The molecule has 4 aliphatic rings. The molecule has 272 valence electrons. The minimum atomic E-state index is -0.699. The number of benzene rings is 1. The van der Waals surface area contributed by atoms with E-state index < -0.39 is 17.8 Å². The first kappa shape index (κ1) is 37.2. The molecule has 5 atom stereocenters. The summed E-state index contributed by atoms with van der Waals surface area (Å²) in [6, 6.07) is 6.60. The van der Waals surface area contributed by atoms with Crippen molar-refractivity contribution >= 4 is 23.7 Å². The zero-order valence-electron chi connectivity index (χ0n) is 29.2. The van der Waals surface area contributed by atoms with E-state index in [9.17, 15) is 19.2 Å². The van der Waals surface area contributed by atoms with E-state index in [1.807, 2.05) is 0 Å². The van der Waals surface area contributed by atoms with E-state index in [2.05, 4.69) is 37.4 Å².